The van der Waals surface area contributed by atoms with Gasteiger partial charge in [-0.3, -0.25) is 19.9 Å². The van der Waals surface area contributed by atoms with Gasteiger partial charge in [0.2, 0.25) is 0 Å². The summed E-state index contributed by atoms with van der Waals surface area (Å²) in [7, 11) is 0. The van der Waals surface area contributed by atoms with Gasteiger partial charge in [-0.05, 0) is 42.3 Å². The molecule has 1 atom stereocenters. The zero-order valence-corrected chi connectivity index (χ0v) is 18.0. The van der Waals surface area contributed by atoms with E-state index >= 15 is 0 Å². The molecular formula is C25H22N4O4. The van der Waals surface area contributed by atoms with E-state index in [2.05, 4.69) is 15.6 Å². The van der Waals surface area contributed by atoms with Gasteiger partial charge in [-0.2, -0.15) is 0 Å². The van der Waals surface area contributed by atoms with E-state index in [1.165, 1.54) is 0 Å². The summed E-state index contributed by atoms with van der Waals surface area (Å²) in [6.07, 6.45) is 3.43. The molecule has 5 rings (SSSR count). The van der Waals surface area contributed by atoms with E-state index in [0.717, 1.165) is 16.7 Å². The minimum atomic E-state index is -1.38. The van der Waals surface area contributed by atoms with Crippen molar-refractivity contribution in [3.05, 3.63) is 94.8 Å². The Morgan fingerprint density at radius 2 is 1.91 bits per heavy atom. The molecule has 2 N–H and O–H groups in total. The van der Waals surface area contributed by atoms with Gasteiger partial charge < -0.3 is 15.0 Å². The van der Waals surface area contributed by atoms with Gasteiger partial charge in [0.05, 0.1) is 6.54 Å². The number of benzene rings is 2. The summed E-state index contributed by atoms with van der Waals surface area (Å²) in [5.74, 6) is -0.0301. The molecule has 2 aliphatic rings. The van der Waals surface area contributed by atoms with Crippen molar-refractivity contribution in [3.8, 4) is 5.75 Å². The van der Waals surface area contributed by atoms with E-state index in [-0.39, 0.29) is 12.5 Å². The molecule has 0 bridgehead atoms. The molecule has 33 heavy (non-hydrogen) atoms. The Kier molecular flexibility index (Phi) is 5.05. The number of hydrogen-bond donors (Lipinski definition) is 2. The largest absolute Gasteiger partial charge is 0.489 e. The first kappa shape index (κ1) is 20.7. The Morgan fingerprint density at radius 3 is 2.61 bits per heavy atom. The average Bonchev–Trinajstić information content (AvgIpc) is 3.28. The fourth-order valence-corrected chi connectivity index (χ4v) is 4.27. The predicted octanol–water partition coefficient (Wildman–Crippen LogP) is 2.66. The van der Waals surface area contributed by atoms with E-state index in [9.17, 15) is 14.4 Å². The van der Waals surface area contributed by atoms with Crippen LogP contribution in [0.4, 0.5) is 4.79 Å². The number of aromatic nitrogens is 1. The monoisotopic (exact) mass is 442 g/mol. The molecule has 0 saturated carbocycles. The highest BCUT2D eigenvalue weighted by molar-refractivity contribution is 6.08. The smallest absolute Gasteiger partial charge is 0.322 e. The van der Waals surface area contributed by atoms with Crippen molar-refractivity contribution in [2.75, 3.05) is 6.54 Å². The molecule has 4 amide bonds. The number of urea groups is 1. The average molecular weight is 442 g/mol. The third-order valence-electron chi connectivity index (χ3n) is 5.99. The second-order valence-corrected chi connectivity index (χ2v) is 8.31. The van der Waals surface area contributed by atoms with E-state index in [1.54, 1.807) is 41.6 Å². The van der Waals surface area contributed by atoms with E-state index in [0.29, 0.717) is 30.0 Å². The quantitative estimate of drug-likeness (QED) is 0.572. The van der Waals surface area contributed by atoms with Crippen LogP contribution in [0.15, 0.2) is 67.0 Å². The number of nitrogens with zero attached hydrogens (tertiary/aromatic N) is 2. The Balaban J connectivity index is 1.39. The SMILES string of the molecule is Cc1ccc2c(c1)C(=O)N(C[C@@]1(c3ccc(OCc4cccnc4)cc3)NC(=O)NC1=O)C2. The first-order chi connectivity index (χ1) is 15.9. The summed E-state index contributed by atoms with van der Waals surface area (Å²) in [6, 6.07) is 15.9. The Labute approximate surface area is 190 Å². The van der Waals surface area contributed by atoms with Gasteiger partial charge in [0.25, 0.3) is 11.8 Å². The van der Waals surface area contributed by atoms with Gasteiger partial charge in [0.15, 0.2) is 5.54 Å². The minimum Gasteiger partial charge on any atom is -0.489 e. The van der Waals surface area contributed by atoms with Gasteiger partial charge in [-0.15, -0.1) is 0 Å². The molecule has 3 heterocycles. The fraction of sp³-hybridized carbons (Fsp3) is 0.200. The third-order valence-corrected chi connectivity index (χ3v) is 5.99. The number of ether oxygens (including phenoxy) is 1. The maximum Gasteiger partial charge on any atom is 0.322 e. The molecule has 1 aromatic heterocycles. The Bertz CT molecular complexity index is 1240. The second-order valence-electron chi connectivity index (χ2n) is 8.31. The fourth-order valence-electron chi connectivity index (χ4n) is 4.27. The van der Waals surface area contributed by atoms with Crippen molar-refractivity contribution in [1.82, 2.24) is 20.5 Å². The van der Waals surface area contributed by atoms with Gasteiger partial charge >= 0.3 is 6.03 Å². The van der Waals surface area contributed by atoms with Crippen LogP contribution in [-0.4, -0.2) is 34.3 Å². The van der Waals surface area contributed by atoms with Crippen LogP contribution < -0.4 is 15.4 Å². The van der Waals surface area contributed by atoms with Gasteiger partial charge in [-0.1, -0.05) is 35.9 Å². The topological polar surface area (TPSA) is 101 Å². The summed E-state index contributed by atoms with van der Waals surface area (Å²) < 4.78 is 5.80. The summed E-state index contributed by atoms with van der Waals surface area (Å²) in [6.45, 7) is 2.69. The van der Waals surface area contributed by atoms with E-state index < -0.39 is 17.5 Å². The molecule has 0 aliphatic carbocycles. The minimum absolute atomic E-state index is 0.0209. The summed E-state index contributed by atoms with van der Waals surface area (Å²) in [5.41, 5.74) is 2.65. The van der Waals surface area contributed by atoms with E-state index in [1.807, 2.05) is 37.3 Å². The lowest BCUT2D eigenvalue weighted by atomic mass is 9.89. The van der Waals surface area contributed by atoms with Crippen LogP contribution in [-0.2, 0) is 23.5 Å². The van der Waals surface area contributed by atoms with Crippen molar-refractivity contribution in [2.45, 2.75) is 25.6 Å². The normalized spacial score (nSPS) is 19.3. The molecule has 0 unspecified atom stereocenters. The van der Waals surface area contributed by atoms with Crippen LogP contribution in [0, 0.1) is 6.92 Å². The molecule has 166 valence electrons. The van der Waals surface area contributed by atoms with Crippen LogP contribution in [0.25, 0.3) is 0 Å². The lowest BCUT2D eigenvalue weighted by Crippen LogP contribution is -2.52. The first-order valence-corrected chi connectivity index (χ1v) is 10.6. The zero-order chi connectivity index (χ0) is 23.0. The van der Waals surface area contributed by atoms with Crippen LogP contribution in [0.2, 0.25) is 0 Å². The number of pyridine rings is 1. The third kappa shape index (κ3) is 3.80. The zero-order valence-electron chi connectivity index (χ0n) is 18.0. The predicted molar refractivity (Wildman–Crippen MR) is 119 cm³/mol. The van der Waals surface area contributed by atoms with Crippen LogP contribution in [0.1, 0.15) is 32.6 Å². The number of hydrogen-bond acceptors (Lipinski definition) is 5. The molecule has 0 spiro atoms. The van der Waals surface area contributed by atoms with Crippen molar-refractivity contribution < 1.29 is 19.1 Å². The number of carbonyl (C=O) groups excluding carboxylic acids is 3. The Hall–Kier alpha value is -4.20. The van der Waals surface area contributed by atoms with Crippen LogP contribution >= 0.6 is 0 Å². The maximum atomic E-state index is 13.0. The molecule has 8 nitrogen and oxygen atoms in total. The molecule has 3 aromatic rings. The summed E-state index contributed by atoms with van der Waals surface area (Å²) in [5, 5.41) is 5.08. The second kappa shape index (κ2) is 8.05. The highest BCUT2D eigenvalue weighted by Gasteiger charge is 2.50. The van der Waals surface area contributed by atoms with Crippen molar-refractivity contribution in [2.24, 2.45) is 0 Å². The number of imide groups is 1. The standard InChI is InChI=1S/C25H22N4O4/c1-16-4-5-18-13-29(22(30)21(18)11-16)15-25(23(31)27-24(32)28-25)19-6-8-20(9-7-19)33-14-17-3-2-10-26-12-17/h2-12H,13-15H2,1H3,(H2,27,28,31,32)/t25-/m0/s1. The van der Waals surface area contributed by atoms with Gasteiger partial charge in [0.1, 0.15) is 12.4 Å². The van der Waals surface area contributed by atoms with Crippen molar-refractivity contribution in [1.29, 1.82) is 0 Å². The lowest BCUT2D eigenvalue weighted by molar-refractivity contribution is -0.124. The molecule has 1 fully saturated rings. The van der Waals surface area contributed by atoms with E-state index in [4.69, 9.17) is 4.74 Å². The number of carbonyl (C=O) groups is 3. The van der Waals surface area contributed by atoms with Crippen molar-refractivity contribution in [3.63, 3.8) is 0 Å². The number of amides is 4. The number of aryl methyl sites for hydroxylation is 1. The van der Waals surface area contributed by atoms with Crippen LogP contribution in [0.5, 0.6) is 5.75 Å². The highest BCUT2D eigenvalue weighted by atomic mass is 16.5. The maximum absolute atomic E-state index is 13.0. The molecular weight excluding hydrogens is 420 g/mol. The lowest BCUT2D eigenvalue weighted by Gasteiger charge is -2.31. The molecule has 2 aromatic carbocycles. The highest BCUT2D eigenvalue weighted by Crippen LogP contribution is 2.32. The van der Waals surface area contributed by atoms with Gasteiger partial charge in [-0.25, -0.2) is 4.79 Å². The first-order valence-electron chi connectivity index (χ1n) is 10.6. The number of nitrogens with one attached hydrogen (secondary N) is 2. The molecule has 0 radical (unpaired) electrons. The summed E-state index contributed by atoms with van der Waals surface area (Å²) >= 11 is 0. The summed E-state index contributed by atoms with van der Waals surface area (Å²) in [4.78, 5) is 43.8. The molecule has 8 heteroatoms. The molecule has 2 aliphatic heterocycles. The Morgan fingerprint density at radius 1 is 1.09 bits per heavy atom. The van der Waals surface area contributed by atoms with Gasteiger partial charge in [0, 0.05) is 30.1 Å². The number of rotatable bonds is 6. The van der Waals surface area contributed by atoms with Crippen LogP contribution in [0.3, 0.4) is 0 Å². The molecule has 1 saturated heterocycles. The van der Waals surface area contributed by atoms with Crippen molar-refractivity contribution >= 4 is 17.8 Å². The number of fused-ring (bicyclic) bond motifs is 1.